The number of ether oxygens (including phenoxy) is 1. The molecule has 0 spiro atoms. The van der Waals surface area contributed by atoms with Crippen LogP contribution >= 0.6 is 11.3 Å². The van der Waals surface area contributed by atoms with Crippen LogP contribution in [0.25, 0.3) is 11.1 Å². The highest BCUT2D eigenvalue weighted by atomic mass is 32.1. The summed E-state index contributed by atoms with van der Waals surface area (Å²) in [6, 6.07) is 9.96. The van der Waals surface area contributed by atoms with Crippen LogP contribution in [0.15, 0.2) is 41.1 Å². The molecule has 2 N–H and O–H groups in total. The van der Waals surface area contributed by atoms with Crippen molar-refractivity contribution in [3.63, 3.8) is 0 Å². The first-order valence-corrected chi connectivity index (χ1v) is 6.92. The lowest BCUT2D eigenvalue weighted by atomic mass is 10.1. The van der Waals surface area contributed by atoms with E-state index in [4.69, 9.17) is 9.84 Å². The molecule has 0 aliphatic rings. The zero-order chi connectivity index (χ0) is 13.5. The van der Waals surface area contributed by atoms with Gasteiger partial charge in [0.05, 0.1) is 6.61 Å². The van der Waals surface area contributed by atoms with Crippen molar-refractivity contribution in [2.45, 2.75) is 6.42 Å². The summed E-state index contributed by atoms with van der Waals surface area (Å²) in [6.07, 6.45) is -0.353. The molecule has 1 heterocycles. The quantitative estimate of drug-likeness (QED) is 0.795. The van der Waals surface area contributed by atoms with E-state index in [9.17, 15) is 4.79 Å². The SMILES string of the molecule is O=C(O)NCCCOc1cccc(-c2ccsc2)c1. The Labute approximate surface area is 115 Å². The van der Waals surface area contributed by atoms with Gasteiger partial charge in [0.15, 0.2) is 0 Å². The monoisotopic (exact) mass is 277 g/mol. The van der Waals surface area contributed by atoms with Gasteiger partial charge in [-0.2, -0.15) is 11.3 Å². The average Bonchev–Trinajstić information content (AvgIpc) is 2.92. The van der Waals surface area contributed by atoms with Crippen molar-refractivity contribution in [3.8, 4) is 16.9 Å². The minimum Gasteiger partial charge on any atom is -0.494 e. The maximum absolute atomic E-state index is 10.3. The fraction of sp³-hybridized carbons (Fsp3) is 0.214. The summed E-state index contributed by atoms with van der Waals surface area (Å²) in [6.45, 7) is 0.896. The second kappa shape index (κ2) is 6.80. The van der Waals surface area contributed by atoms with Crippen LogP contribution in [0.4, 0.5) is 4.79 Å². The lowest BCUT2D eigenvalue weighted by Gasteiger charge is -2.07. The number of amides is 1. The van der Waals surface area contributed by atoms with Crippen LogP contribution in [0, 0.1) is 0 Å². The number of hydrogen-bond acceptors (Lipinski definition) is 3. The van der Waals surface area contributed by atoms with Crippen molar-refractivity contribution in [3.05, 3.63) is 41.1 Å². The zero-order valence-corrected chi connectivity index (χ0v) is 11.2. The summed E-state index contributed by atoms with van der Waals surface area (Å²) in [5.41, 5.74) is 2.31. The van der Waals surface area contributed by atoms with Crippen LogP contribution in [0.3, 0.4) is 0 Å². The van der Waals surface area contributed by atoms with Gasteiger partial charge in [-0.1, -0.05) is 12.1 Å². The van der Waals surface area contributed by atoms with E-state index < -0.39 is 6.09 Å². The van der Waals surface area contributed by atoms with Crippen molar-refractivity contribution in [1.82, 2.24) is 5.32 Å². The maximum Gasteiger partial charge on any atom is 0.404 e. The molecule has 5 heteroatoms. The van der Waals surface area contributed by atoms with E-state index in [2.05, 4.69) is 16.8 Å². The molecule has 1 aromatic heterocycles. The van der Waals surface area contributed by atoms with E-state index in [1.807, 2.05) is 29.6 Å². The first-order chi connectivity index (χ1) is 9.25. The number of carbonyl (C=O) groups is 1. The van der Waals surface area contributed by atoms with Gasteiger partial charge in [-0.25, -0.2) is 4.79 Å². The number of thiophene rings is 1. The van der Waals surface area contributed by atoms with Crippen LogP contribution in [0.5, 0.6) is 5.75 Å². The Hall–Kier alpha value is -2.01. The van der Waals surface area contributed by atoms with Gasteiger partial charge >= 0.3 is 6.09 Å². The maximum atomic E-state index is 10.3. The Balaban J connectivity index is 1.84. The molecule has 100 valence electrons. The highest BCUT2D eigenvalue weighted by Gasteiger charge is 2.00. The number of hydrogen-bond donors (Lipinski definition) is 2. The normalized spacial score (nSPS) is 10.1. The smallest absolute Gasteiger partial charge is 0.404 e. The molecule has 0 aliphatic carbocycles. The van der Waals surface area contributed by atoms with Crippen LogP contribution in [-0.4, -0.2) is 24.4 Å². The fourth-order valence-corrected chi connectivity index (χ4v) is 2.32. The average molecular weight is 277 g/mol. The summed E-state index contributed by atoms with van der Waals surface area (Å²) >= 11 is 1.66. The lowest BCUT2D eigenvalue weighted by molar-refractivity contribution is 0.193. The molecule has 4 nitrogen and oxygen atoms in total. The number of carboxylic acid groups (broad SMARTS) is 1. The predicted molar refractivity (Wildman–Crippen MR) is 75.9 cm³/mol. The summed E-state index contributed by atoms with van der Waals surface area (Å²) in [5.74, 6) is 0.805. The van der Waals surface area contributed by atoms with Crippen LogP contribution in [-0.2, 0) is 0 Å². The number of nitrogens with one attached hydrogen (secondary N) is 1. The Morgan fingerprint density at radius 1 is 1.32 bits per heavy atom. The second-order valence-corrected chi connectivity index (χ2v) is 4.75. The molecule has 0 aliphatic heterocycles. The molecule has 19 heavy (non-hydrogen) atoms. The Kier molecular flexibility index (Phi) is 4.80. The molecule has 2 aromatic rings. The first-order valence-electron chi connectivity index (χ1n) is 5.98. The van der Waals surface area contributed by atoms with Gasteiger partial charge in [0.1, 0.15) is 5.75 Å². The van der Waals surface area contributed by atoms with E-state index in [1.165, 1.54) is 5.56 Å². The largest absolute Gasteiger partial charge is 0.494 e. The Morgan fingerprint density at radius 2 is 2.21 bits per heavy atom. The van der Waals surface area contributed by atoms with Gasteiger partial charge in [0, 0.05) is 6.54 Å². The standard InChI is InChI=1S/C14H15NO3S/c16-14(17)15-6-2-7-18-13-4-1-3-11(9-13)12-5-8-19-10-12/h1,3-5,8-10,15H,2,6-7H2,(H,16,17). The molecule has 2 rings (SSSR count). The van der Waals surface area contributed by atoms with E-state index >= 15 is 0 Å². The third kappa shape index (κ3) is 4.30. The molecule has 0 unspecified atom stereocenters. The van der Waals surface area contributed by atoms with E-state index in [1.54, 1.807) is 11.3 Å². The van der Waals surface area contributed by atoms with Gasteiger partial charge in [-0.15, -0.1) is 0 Å². The van der Waals surface area contributed by atoms with Crippen molar-refractivity contribution in [2.75, 3.05) is 13.2 Å². The van der Waals surface area contributed by atoms with Crippen molar-refractivity contribution in [1.29, 1.82) is 0 Å². The van der Waals surface area contributed by atoms with Crippen molar-refractivity contribution in [2.24, 2.45) is 0 Å². The highest BCUT2D eigenvalue weighted by Crippen LogP contribution is 2.25. The summed E-state index contributed by atoms with van der Waals surface area (Å²) < 4.78 is 5.60. The van der Waals surface area contributed by atoms with Gasteiger partial charge in [-0.3, -0.25) is 0 Å². The van der Waals surface area contributed by atoms with Crippen molar-refractivity contribution < 1.29 is 14.6 Å². The highest BCUT2D eigenvalue weighted by molar-refractivity contribution is 7.08. The van der Waals surface area contributed by atoms with Crippen LogP contribution in [0.2, 0.25) is 0 Å². The van der Waals surface area contributed by atoms with Gasteiger partial charge in [0.25, 0.3) is 0 Å². The Morgan fingerprint density at radius 3 is 2.95 bits per heavy atom. The molecule has 0 radical (unpaired) electrons. The fourth-order valence-electron chi connectivity index (χ4n) is 1.65. The molecule has 0 bridgehead atoms. The van der Waals surface area contributed by atoms with Crippen LogP contribution in [0.1, 0.15) is 6.42 Å². The van der Waals surface area contributed by atoms with E-state index in [0.717, 1.165) is 11.3 Å². The minimum atomic E-state index is -1.00. The summed E-state index contributed by atoms with van der Waals surface area (Å²) in [4.78, 5) is 10.3. The Bertz CT molecular complexity index is 525. The second-order valence-electron chi connectivity index (χ2n) is 3.97. The minimum absolute atomic E-state index is 0.402. The molecule has 1 aromatic carbocycles. The van der Waals surface area contributed by atoms with Crippen LogP contribution < -0.4 is 10.1 Å². The van der Waals surface area contributed by atoms with Gasteiger partial charge in [0.2, 0.25) is 0 Å². The lowest BCUT2D eigenvalue weighted by Crippen LogP contribution is -2.23. The molecule has 0 saturated heterocycles. The predicted octanol–water partition coefficient (Wildman–Crippen LogP) is 3.45. The zero-order valence-electron chi connectivity index (χ0n) is 10.3. The molecule has 0 fully saturated rings. The topological polar surface area (TPSA) is 58.6 Å². The molecular formula is C14H15NO3S. The third-order valence-corrected chi connectivity index (χ3v) is 3.24. The molecule has 0 saturated carbocycles. The van der Waals surface area contributed by atoms with Gasteiger partial charge < -0.3 is 15.2 Å². The van der Waals surface area contributed by atoms with E-state index in [-0.39, 0.29) is 0 Å². The van der Waals surface area contributed by atoms with Gasteiger partial charge in [-0.05, 0) is 46.5 Å². The summed E-state index contributed by atoms with van der Waals surface area (Å²) in [7, 11) is 0. The molecule has 1 amide bonds. The first kappa shape index (κ1) is 13.4. The van der Waals surface area contributed by atoms with E-state index in [0.29, 0.717) is 19.6 Å². The number of benzene rings is 1. The molecular weight excluding hydrogens is 262 g/mol. The van der Waals surface area contributed by atoms with Crippen molar-refractivity contribution >= 4 is 17.4 Å². The molecule has 0 atom stereocenters. The third-order valence-electron chi connectivity index (χ3n) is 2.55. The number of rotatable bonds is 6. The summed E-state index contributed by atoms with van der Waals surface area (Å²) in [5, 5.41) is 14.9.